The molecule has 3 rings (SSSR count). The van der Waals surface area contributed by atoms with E-state index < -0.39 is 0 Å². The van der Waals surface area contributed by atoms with Crippen molar-refractivity contribution in [3.63, 3.8) is 0 Å². The second kappa shape index (κ2) is 5.90. The number of anilines is 1. The summed E-state index contributed by atoms with van der Waals surface area (Å²) in [5.41, 5.74) is 4.14. The fourth-order valence-electron chi connectivity index (χ4n) is 2.57. The van der Waals surface area contributed by atoms with E-state index in [4.69, 9.17) is 0 Å². The van der Waals surface area contributed by atoms with Crippen molar-refractivity contribution in [1.82, 2.24) is 5.32 Å². The molecule has 0 fully saturated rings. The van der Waals surface area contributed by atoms with Gasteiger partial charge in [-0.3, -0.25) is 4.79 Å². The van der Waals surface area contributed by atoms with Gasteiger partial charge in [0.05, 0.1) is 6.04 Å². The third-order valence-corrected chi connectivity index (χ3v) is 4.27. The molecule has 0 saturated carbocycles. The molecule has 0 spiro atoms. The van der Waals surface area contributed by atoms with E-state index in [-0.39, 0.29) is 11.9 Å². The molecule has 1 aliphatic heterocycles. The maximum atomic E-state index is 12.4. The second-order valence-corrected chi connectivity index (χ2v) is 6.21. The molecule has 1 unspecified atom stereocenters. The summed E-state index contributed by atoms with van der Waals surface area (Å²) in [4.78, 5) is 12.4. The van der Waals surface area contributed by atoms with E-state index in [2.05, 4.69) is 26.6 Å². The summed E-state index contributed by atoms with van der Waals surface area (Å²) >= 11 is 3.45. The van der Waals surface area contributed by atoms with Crippen LogP contribution in [0.2, 0.25) is 0 Å². The van der Waals surface area contributed by atoms with Crippen LogP contribution in [0, 0.1) is 0 Å². The Kier molecular flexibility index (Phi) is 3.97. The molecular weight excluding hydrogens is 328 g/mol. The van der Waals surface area contributed by atoms with Gasteiger partial charge in [0.25, 0.3) is 5.91 Å². The zero-order valence-corrected chi connectivity index (χ0v) is 13.4. The molecule has 0 aliphatic carbocycles. The minimum atomic E-state index is -0.0426. The van der Waals surface area contributed by atoms with Gasteiger partial charge in [-0.25, -0.2) is 0 Å². The van der Waals surface area contributed by atoms with Crippen LogP contribution in [0.25, 0.3) is 0 Å². The predicted molar refractivity (Wildman–Crippen MR) is 88.7 cm³/mol. The number of carbonyl (C=O) groups is 1. The van der Waals surface area contributed by atoms with E-state index in [0.717, 1.165) is 28.7 Å². The smallest absolute Gasteiger partial charge is 0.251 e. The number of rotatable bonds is 3. The maximum Gasteiger partial charge on any atom is 0.251 e. The Morgan fingerprint density at radius 2 is 2.14 bits per heavy atom. The Morgan fingerprint density at radius 3 is 2.95 bits per heavy atom. The van der Waals surface area contributed by atoms with Crippen molar-refractivity contribution in [2.75, 3.05) is 11.9 Å². The first-order valence-corrected chi connectivity index (χ1v) is 7.86. The number of fused-ring (bicyclic) bond motifs is 1. The molecule has 2 aromatic rings. The van der Waals surface area contributed by atoms with Gasteiger partial charge < -0.3 is 10.6 Å². The molecule has 108 valence electrons. The lowest BCUT2D eigenvalue weighted by molar-refractivity contribution is 0.0940. The molecule has 0 aromatic heterocycles. The van der Waals surface area contributed by atoms with Crippen LogP contribution in [-0.4, -0.2) is 12.5 Å². The summed E-state index contributed by atoms with van der Waals surface area (Å²) in [6.45, 7) is 2.94. The van der Waals surface area contributed by atoms with E-state index in [9.17, 15) is 4.79 Å². The van der Waals surface area contributed by atoms with Gasteiger partial charge in [-0.1, -0.05) is 34.1 Å². The number of amides is 1. The predicted octanol–water partition coefficient (Wildman–Crippen LogP) is 3.91. The number of hydrogen-bond acceptors (Lipinski definition) is 2. The fourth-order valence-corrected chi connectivity index (χ4v) is 2.99. The monoisotopic (exact) mass is 344 g/mol. The van der Waals surface area contributed by atoms with Gasteiger partial charge in [0, 0.05) is 22.3 Å². The summed E-state index contributed by atoms with van der Waals surface area (Å²) < 4.78 is 1.02. The van der Waals surface area contributed by atoms with Gasteiger partial charge in [-0.05, 0) is 48.7 Å². The number of hydrogen-bond donors (Lipinski definition) is 2. The molecular formula is C17H17BrN2O. The molecule has 2 N–H and O–H groups in total. The average Bonchev–Trinajstić information content (AvgIpc) is 2.94. The Balaban J connectivity index is 1.74. The molecule has 4 heteroatoms. The Hall–Kier alpha value is -1.81. The maximum absolute atomic E-state index is 12.4. The van der Waals surface area contributed by atoms with Crippen LogP contribution in [0.4, 0.5) is 5.69 Å². The fraction of sp³-hybridized carbons (Fsp3) is 0.235. The number of carbonyl (C=O) groups excluding carboxylic acids is 1. The van der Waals surface area contributed by atoms with Crippen molar-refractivity contribution in [3.05, 3.63) is 63.6 Å². The van der Waals surface area contributed by atoms with Crippen molar-refractivity contribution in [1.29, 1.82) is 0 Å². The van der Waals surface area contributed by atoms with Gasteiger partial charge in [0.2, 0.25) is 0 Å². The van der Waals surface area contributed by atoms with E-state index >= 15 is 0 Å². The highest BCUT2D eigenvalue weighted by atomic mass is 79.9. The summed E-state index contributed by atoms with van der Waals surface area (Å²) in [5.74, 6) is -0.0426. The minimum Gasteiger partial charge on any atom is -0.384 e. The average molecular weight is 345 g/mol. The number of benzene rings is 2. The van der Waals surface area contributed by atoms with Crippen molar-refractivity contribution in [3.8, 4) is 0 Å². The summed E-state index contributed by atoms with van der Waals surface area (Å²) in [6.07, 6.45) is 1.03. The lowest BCUT2D eigenvalue weighted by atomic mass is 10.1. The quantitative estimate of drug-likeness (QED) is 0.886. The first-order chi connectivity index (χ1) is 10.1. The Morgan fingerprint density at radius 1 is 1.29 bits per heavy atom. The van der Waals surface area contributed by atoms with Crippen LogP contribution in [0.5, 0.6) is 0 Å². The van der Waals surface area contributed by atoms with E-state index in [0.29, 0.717) is 5.56 Å². The third kappa shape index (κ3) is 3.10. The van der Waals surface area contributed by atoms with Crippen LogP contribution < -0.4 is 10.6 Å². The normalized spacial score (nSPS) is 14.2. The number of nitrogens with one attached hydrogen (secondary N) is 2. The van der Waals surface area contributed by atoms with Crippen molar-refractivity contribution < 1.29 is 4.79 Å². The first-order valence-electron chi connectivity index (χ1n) is 7.06. The van der Waals surface area contributed by atoms with Crippen molar-refractivity contribution >= 4 is 27.5 Å². The molecule has 0 radical (unpaired) electrons. The molecule has 1 aliphatic rings. The van der Waals surface area contributed by atoms with Gasteiger partial charge in [0.1, 0.15) is 0 Å². The Bertz CT molecular complexity index is 684. The van der Waals surface area contributed by atoms with Crippen molar-refractivity contribution in [2.24, 2.45) is 0 Å². The topological polar surface area (TPSA) is 41.1 Å². The number of halogens is 1. The van der Waals surface area contributed by atoms with Gasteiger partial charge in [-0.15, -0.1) is 0 Å². The van der Waals surface area contributed by atoms with Gasteiger partial charge in [0.15, 0.2) is 0 Å². The lowest BCUT2D eigenvalue weighted by Gasteiger charge is -2.15. The second-order valence-electron chi connectivity index (χ2n) is 5.30. The molecule has 0 saturated heterocycles. The molecule has 2 aromatic carbocycles. The standard InChI is InChI=1S/C17H17BrN2O/c1-11(13-3-2-4-15(18)9-13)20-17(21)14-6-5-12-7-8-19-16(12)10-14/h2-6,9-11,19H,7-8H2,1H3,(H,20,21). The van der Waals surface area contributed by atoms with Crippen LogP contribution in [-0.2, 0) is 6.42 Å². The van der Waals surface area contributed by atoms with Crippen LogP contribution in [0.15, 0.2) is 46.9 Å². The molecule has 0 bridgehead atoms. The zero-order chi connectivity index (χ0) is 14.8. The van der Waals surface area contributed by atoms with E-state index in [1.54, 1.807) is 0 Å². The van der Waals surface area contributed by atoms with E-state index in [1.807, 2.05) is 49.4 Å². The largest absolute Gasteiger partial charge is 0.384 e. The van der Waals surface area contributed by atoms with Crippen LogP contribution >= 0.6 is 15.9 Å². The highest BCUT2D eigenvalue weighted by molar-refractivity contribution is 9.10. The summed E-state index contributed by atoms with van der Waals surface area (Å²) in [6, 6.07) is 13.8. The molecule has 3 nitrogen and oxygen atoms in total. The zero-order valence-electron chi connectivity index (χ0n) is 11.8. The summed E-state index contributed by atoms with van der Waals surface area (Å²) in [5, 5.41) is 6.34. The summed E-state index contributed by atoms with van der Waals surface area (Å²) in [7, 11) is 0. The van der Waals surface area contributed by atoms with E-state index in [1.165, 1.54) is 5.56 Å². The highest BCUT2D eigenvalue weighted by Gasteiger charge is 2.15. The van der Waals surface area contributed by atoms with Gasteiger partial charge in [-0.2, -0.15) is 0 Å². The SMILES string of the molecule is CC(NC(=O)c1ccc2c(c1)NCC2)c1cccc(Br)c1. The first kappa shape index (κ1) is 14.1. The van der Waals surface area contributed by atoms with Gasteiger partial charge >= 0.3 is 0 Å². The molecule has 1 amide bonds. The van der Waals surface area contributed by atoms with Crippen LogP contribution in [0.1, 0.15) is 34.5 Å². The minimum absolute atomic E-state index is 0.0313. The highest BCUT2D eigenvalue weighted by Crippen LogP contribution is 2.24. The lowest BCUT2D eigenvalue weighted by Crippen LogP contribution is -2.26. The molecule has 21 heavy (non-hydrogen) atoms. The molecule has 1 atom stereocenters. The Labute approximate surface area is 132 Å². The molecule has 1 heterocycles. The van der Waals surface area contributed by atoms with Crippen LogP contribution in [0.3, 0.4) is 0 Å². The third-order valence-electron chi connectivity index (χ3n) is 3.78. The van der Waals surface area contributed by atoms with Crippen molar-refractivity contribution in [2.45, 2.75) is 19.4 Å².